The van der Waals surface area contributed by atoms with Gasteiger partial charge in [-0.3, -0.25) is 0 Å². The smallest absolute Gasteiger partial charge is 0.0701 e. The highest BCUT2D eigenvalue weighted by atomic mass is 16.5. The maximum absolute atomic E-state index is 8.56. The molecule has 0 radical (unpaired) electrons. The van der Waals surface area contributed by atoms with E-state index in [1.54, 1.807) is 0 Å². The first-order valence-corrected chi connectivity index (χ1v) is 6.96. The Morgan fingerprint density at radius 3 is 2.00 bits per heavy atom. The van der Waals surface area contributed by atoms with Crippen LogP contribution in [0.4, 0.5) is 0 Å². The van der Waals surface area contributed by atoms with Crippen molar-refractivity contribution in [3.05, 3.63) is 0 Å². The van der Waals surface area contributed by atoms with Crippen LogP contribution < -0.4 is 5.32 Å². The summed E-state index contributed by atoms with van der Waals surface area (Å²) in [5.41, 5.74) is 0. The fraction of sp³-hybridized carbons (Fsp3) is 1.00. The number of nitrogens with one attached hydrogen (secondary N) is 1. The van der Waals surface area contributed by atoms with Crippen molar-refractivity contribution in [1.82, 2.24) is 5.32 Å². The predicted octanol–water partition coefficient (Wildman–Crippen LogP) is 0.808. The van der Waals surface area contributed by atoms with Gasteiger partial charge in [0.15, 0.2) is 0 Å². The molecule has 5 nitrogen and oxygen atoms in total. The van der Waals surface area contributed by atoms with Crippen LogP contribution in [0.25, 0.3) is 0 Å². The summed E-state index contributed by atoms with van der Waals surface area (Å²) in [6.45, 7) is 8.11. The largest absolute Gasteiger partial charge is 0.396 e. The molecule has 0 amide bonds. The van der Waals surface area contributed by atoms with E-state index >= 15 is 0 Å². The molecule has 0 heterocycles. The minimum atomic E-state index is 0.238. The lowest BCUT2D eigenvalue weighted by molar-refractivity contribution is 0.0146. The highest BCUT2D eigenvalue weighted by Gasteiger charge is 1.92. The molecule has 0 atom stereocenters. The van der Waals surface area contributed by atoms with E-state index < -0.39 is 0 Å². The molecule has 110 valence electrons. The lowest BCUT2D eigenvalue weighted by Crippen LogP contribution is -2.22. The second kappa shape index (κ2) is 16.8. The summed E-state index contributed by atoms with van der Waals surface area (Å²) in [5, 5.41) is 11.7. The molecule has 5 heteroatoms. The summed E-state index contributed by atoms with van der Waals surface area (Å²) >= 11 is 0. The first-order valence-electron chi connectivity index (χ1n) is 6.96. The zero-order chi connectivity index (χ0) is 13.3. The van der Waals surface area contributed by atoms with Gasteiger partial charge in [-0.15, -0.1) is 0 Å². The van der Waals surface area contributed by atoms with Crippen LogP contribution in [-0.4, -0.2) is 64.4 Å². The molecule has 18 heavy (non-hydrogen) atoms. The number of aliphatic hydroxyl groups is 1. The molecular weight excluding hydrogens is 234 g/mol. The molecule has 0 bridgehead atoms. The highest BCUT2D eigenvalue weighted by molar-refractivity contribution is 4.45. The van der Waals surface area contributed by atoms with Crippen LogP contribution in [0.5, 0.6) is 0 Å². The van der Waals surface area contributed by atoms with Gasteiger partial charge in [-0.25, -0.2) is 0 Å². The molecule has 0 aromatic rings. The van der Waals surface area contributed by atoms with Gasteiger partial charge >= 0.3 is 0 Å². The minimum absolute atomic E-state index is 0.238. The molecule has 0 rings (SSSR count). The van der Waals surface area contributed by atoms with Crippen molar-refractivity contribution in [2.45, 2.75) is 26.2 Å². The third-order valence-electron chi connectivity index (χ3n) is 2.32. The minimum Gasteiger partial charge on any atom is -0.396 e. The van der Waals surface area contributed by atoms with E-state index in [2.05, 4.69) is 12.2 Å². The lowest BCUT2D eigenvalue weighted by Gasteiger charge is -2.07. The van der Waals surface area contributed by atoms with Crippen LogP contribution in [-0.2, 0) is 14.2 Å². The van der Waals surface area contributed by atoms with Crippen molar-refractivity contribution in [3.63, 3.8) is 0 Å². The summed E-state index contributed by atoms with van der Waals surface area (Å²) in [6.07, 6.45) is 3.08. The summed E-state index contributed by atoms with van der Waals surface area (Å²) in [7, 11) is 0. The van der Waals surface area contributed by atoms with Gasteiger partial charge in [-0.05, 0) is 19.4 Å². The Bertz CT molecular complexity index is 131. The monoisotopic (exact) mass is 263 g/mol. The van der Waals surface area contributed by atoms with Crippen molar-refractivity contribution < 1.29 is 19.3 Å². The van der Waals surface area contributed by atoms with Crippen LogP contribution in [0, 0.1) is 0 Å². The van der Waals surface area contributed by atoms with Crippen molar-refractivity contribution in [2.75, 3.05) is 59.3 Å². The highest BCUT2D eigenvalue weighted by Crippen LogP contribution is 1.87. The molecule has 0 aliphatic rings. The summed E-state index contributed by atoms with van der Waals surface area (Å²) in [6, 6.07) is 0. The van der Waals surface area contributed by atoms with Crippen molar-refractivity contribution in [2.24, 2.45) is 0 Å². The normalized spacial score (nSPS) is 11.0. The van der Waals surface area contributed by atoms with Crippen molar-refractivity contribution >= 4 is 0 Å². The van der Waals surface area contributed by atoms with Crippen LogP contribution in [0.15, 0.2) is 0 Å². The lowest BCUT2D eigenvalue weighted by atomic mass is 10.4. The molecule has 0 aromatic carbocycles. The Morgan fingerprint density at radius 1 is 0.778 bits per heavy atom. The quantitative estimate of drug-likeness (QED) is 0.428. The first kappa shape index (κ1) is 17.8. The van der Waals surface area contributed by atoms with Crippen LogP contribution >= 0.6 is 0 Å². The van der Waals surface area contributed by atoms with E-state index in [9.17, 15) is 0 Å². The average molecular weight is 263 g/mol. The number of hydrogen-bond donors (Lipinski definition) is 2. The number of ether oxygens (including phenoxy) is 3. The zero-order valence-corrected chi connectivity index (χ0v) is 11.7. The van der Waals surface area contributed by atoms with Crippen LogP contribution in [0.2, 0.25) is 0 Å². The maximum atomic E-state index is 8.56. The van der Waals surface area contributed by atoms with Gasteiger partial charge in [-0.1, -0.05) is 13.3 Å². The molecular formula is C13H29NO4. The van der Waals surface area contributed by atoms with Gasteiger partial charge in [0, 0.05) is 19.8 Å². The molecule has 0 saturated carbocycles. The fourth-order valence-corrected chi connectivity index (χ4v) is 1.26. The molecule has 0 aromatic heterocycles. The van der Waals surface area contributed by atoms with Gasteiger partial charge in [0.25, 0.3) is 0 Å². The summed E-state index contributed by atoms with van der Waals surface area (Å²) < 4.78 is 16.1. The molecule has 0 aliphatic carbocycles. The zero-order valence-electron chi connectivity index (χ0n) is 11.7. The van der Waals surface area contributed by atoms with Crippen molar-refractivity contribution in [3.8, 4) is 0 Å². The van der Waals surface area contributed by atoms with Crippen molar-refractivity contribution in [1.29, 1.82) is 0 Å². The van der Waals surface area contributed by atoms with Gasteiger partial charge in [0.1, 0.15) is 0 Å². The Balaban J connectivity index is 2.86. The SMILES string of the molecule is CCCCOCCOCCOCCNCCCO. The van der Waals surface area contributed by atoms with E-state index in [-0.39, 0.29) is 6.61 Å². The van der Waals surface area contributed by atoms with Crippen LogP contribution in [0.1, 0.15) is 26.2 Å². The third-order valence-corrected chi connectivity index (χ3v) is 2.32. The van der Waals surface area contributed by atoms with Gasteiger partial charge in [0.2, 0.25) is 0 Å². The Labute approximate surface area is 111 Å². The summed E-state index contributed by atoms with van der Waals surface area (Å²) in [5.74, 6) is 0. The second-order valence-corrected chi connectivity index (χ2v) is 4.02. The van der Waals surface area contributed by atoms with E-state index in [1.165, 1.54) is 6.42 Å². The standard InChI is InChI=1S/C13H29NO4/c1-2-3-8-16-10-12-18-13-11-17-9-6-14-5-4-7-15/h14-15H,2-13H2,1H3. The molecule has 0 aliphatic heterocycles. The second-order valence-electron chi connectivity index (χ2n) is 4.02. The molecule has 0 saturated heterocycles. The predicted molar refractivity (Wildman–Crippen MR) is 71.9 cm³/mol. The topological polar surface area (TPSA) is 60.0 Å². The van der Waals surface area contributed by atoms with E-state index in [4.69, 9.17) is 19.3 Å². The third kappa shape index (κ3) is 15.8. The van der Waals surface area contributed by atoms with Gasteiger partial charge in [0.05, 0.1) is 33.0 Å². The van der Waals surface area contributed by atoms with Crippen LogP contribution in [0.3, 0.4) is 0 Å². The first-order chi connectivity index (χ1) is 8.91. The molecule has 0 fully saturated rings. The van der Waals surface area contributed by atoms with E-state index in [1.807, 2.05) is 0 Å². The Kier molecular flexibility index (Phi) is 16.6. The Morgan fingerprint density at radius 2 is 1.39 bits per heavy atom. The molecule has 0 unspecified atom stereocenters. The van der Waals surface area contributed by atoms with Gasteiger partial charge < -0.3 is 24.6 Å². The Hall–Kier alpha value is -0.200. The number of hydrogen-bond acceptors (Lipinski definition) is 5. The summed E-state index contributed by atoms with van der Waals surface area (Å²) in [4.78, 5) is 0. The number of unbranched alkanes of at least 4 members (excludes halogenated alkanes) is 1. The number of aliphatic hydroxyl groups excluding tert-OH is 1. The van der Waals surface area contributed by atoms with E-state index in [0.717, 1.165) is 32.5 Å². The molecule has 2 N–H and O–H groups in total. The molecule has 0 spiro atoms. The number of rotatable bonds is 15. The fourth-order valence-electron chi connectivity index (χ4n) is 1.26. The van der Waals surface area contributed by atoms with E-state index in [0.29, 0.717) is 33.0 Å². The average Bonchev–Trinajstić information content (AvgIpc) is 2.39. The maximum Gasteiger partial charge on any atom is 0.0701 e. The van der Waals surface area contributed by atoms with Gasteiger partial charge in [-0.2, -0.15) is 0 Å².